The van der Waals surface area contributed by atoms with Crippen LogP contribution in [0.4, 0.5) is 5.69 Å². The molecule has 0 fully saturated rings. The van der Waals surface area contributed by atoms with Gasteiger partial charge in [0.25, 0.3) is 0 Å². The smallest absolute Gasteiger partial charge is 0.174 e. The molecular formula is C21H21N3S. The van der Waals surface area contributed by atoms with E-state index in [1.807, 2.05) is 0 Å². The maximum atomic E-state index is 5.78. The molecule has 1 aromatic heterocycles. The number of rotatable bonds is 2. The predicted molar refractivity (Wildman–Crippen MR) is 107 cm³/mol. The Morgan fingerprint density at radius 1 is 1.00 bits per heavy atom. The van der Waals surface area contributed by atoms with E-state index in [4.69, 9.17) is 12.2 Å². The molecule has 0 spiro atoms. The van der Waals surface area contributed by atoms with Gasteiger partial charge in [0, 0.05) is 30.7 Å². The first kappa shape index (κ1) is 15.9. The van der Waals surface area contributed by atoms with Gasteiger partial charge in [-0.2, -0.15) is 0 Å². The van der Waals surface area contributed by atoms with Gasteiger partial charge >= 0.3 is 0 Å². The third-order valence-corrected chi connectivity index (χ3v) is 5.02. The lowest BCUT2D eigenvalue weighted by Crippen LogP contribution is -2.44. The summed E-state index contributed by atoms with van der Waals surface area (Å²) in [5.41, 5.74) is 4.80. The predicted octanol–water partition coefficient (Wildman–Crippen LogP) is 4.60. The Kier molecular flexibility index (Phi) is 4.28. The minimum absolute atomic E-state index is 0.134. The first-order valence-electron chi connectivity index (χ1n) is 8.56. The quantitative estimate of drug-likeness (QED) is 0.684. The summed E-state index contributed by atoms with van der Waals surface area (Å²) in [5.74, 6) is 0. The molecule has 3 aromatic rings. The molecule has 1 aliphatic rings. The maximum absolute atomic E-state index is 5.78. The van der Waals surface area contributed by atoms with Crippen molar-refractivity contribution in [3.05, 3.63) is 89.7 Å². The Morgan fingerprint density at radius 2 is 1.84 bits per heavy atom. The second kappa shape index (κ2) is 6.73. The van der Waals surface area contributed by atoms with Crippen LogP contribution in [0.2, 0.25) is 0 Å². The monoisotopic (exact) mass is 347 g/mol. The Balaban J connectivity index is 1.66. The molecule has 4 rings (SSSR count). The molecule has 2 heterocycles. The minimum Gasteiger partial charge on any atom is -0.348 e. The lowest BCUT2D eigenvalue weighted by Gasteiger charge is -2.39. The van der Waals surface area contributed by atoms with Crippen LogP contribution in [-0.4, -0.2) is 21.1 Å². The summed E-state index contributed by atoms with van der Waals surface area (Å²) in [6, 6.07) is 23.4. The number of nitrogens with one attached hydrogen (secondary N) is 1. The Labute approximate surface area is 153 Å². The topological polar surface area (TPSA) is 20.2 Å². The Hall–Kier alpha value is -2.59. The summed E-state index contributed by atoms with van der Waals surface area (Å²) in [6.45, 7) is 3.93. The number of aryl methyl sites for hydroxylation is 1. The van der Waals surface area contributed by atoms with Crippen LogP contribution < -0.4 is 5.32 Å². The Morgan fingerprint density at radius 3 is 2.64 bits per heavy atom. The molecule has 3 nitrogen and oxygen atoms in total. The minimum atomic E-state index is 0.134. The zero-order chi connectivity index (χ0) is 17.2. The van der Waals surface area contributed by atoms with Gasteiger partial charge in [0.1, 0.15) is 0 Å². The zero-order valence-corrected chi connectivity index (χ0v) is 15.0. The number of hydrogen-bond acceptors (Lipinski definition) is 1. The summed E-state index contributed by atoms with van der Waals surface area (Å²) in [7, 11) is 0. The van der Waals surface area contributed by atoms with Gasteiger partial charge < -0.3 is 14.8 Å². The fraction of sp³-hybridized carbons (Fsp3) is 0.190. The van der Waals surface area contributed by atoms with Gasteiger partial charge in [-0.3, -0.25) is 0 Å². The van der Waals surface area contributed by atoms with E-state index in [0.717, 1.165) is 23.9 Å². The standard InChI is InChI=1S/C21H21N3S/c1-16-7-5-10-18(15-16)22-21(25)24-14-13-23-12-6-11-19(23)20(24)17-8-3-2-4-9-17/h2-12,15,20H,13-14H2,1H3,(H,22,25)/t20-/m1/s1. The summed E-state index contributed by atoms with van der Waals surface area (Å²) < 4.78 is 2.32. The number of nitrogens with zero attached hydrogens (tertiary/aromatic N) is 2. The van der Waals surface area contributed by atoms with E-state index in [-0.39, 0.29) is 6.04 Å². The molecule has 0 bridgehead atoms. The fourth-order valence-electron chi connectivity index (χ4n) is 3.51. The molecule has 126 valence electrons. The molecule has 0 aliphatic carbocycles. The molecule has 0 saturated heterocycles. The van der Waals surface area contributed by atoms with Gasteiger partial charge in [0.15, 0.2) is 5.11 Å². The summed E-state index contributed by atoms with van der Waals surface area (Å²) >= 11 is 5.78. The van der Waals surface area contributed by atoms with Crippen LogP contribution >= 0.6 is 12.2 Å². The van der Waals surface area contributed by atoms with Gasteiger partial charge in [0.2, 0.25) is 0 Å². The zero-order valence-electron chi connectivity index (χ0n) is 14.2. The van der Waals surface area contributed by atoms with Crippen LogP contribution in [0.15, 0.2) is 72.9 Å². The van der Waals surface area contributed by atoms with E-state index >= 15 is 0 Å². The Bertz CT molecular complexity index is 885. The van der Waals surface area contributed by atoms with Crippen molar-refractivity contribution in [2.45, 2.75) is 19.5 Å². The van der Waals surface area contributed by atoms with E-state index in [1.54, 1.807) is 0 Å². The molecular weight excluding hydrogens is 326 g/mol. The summed E-state index contributed by atoms with van der Waals surface area (Å²) in [5, 5.41) is 4.19. The van der Waals surface area contributed by atoms with Crippen LogP contribution in [-0.2, 0) is 6.54 Å². The lowest BCUT2D eigenvalue weighted by molar-refractivity contribution is 0.293. The maximum Gasteiger partial charge on any atom is 0.174 e. The number of hydrogen-bond donors (Lipinski definition) is 1. The van der Waals surface area contributed by atoms with E-state index < -0.39 is 0 Å². The molecule has 25 heavy (non-hydrogen) atoms. The van der Waals surface area contributed by atoms with Crippen LogP contribution in [0.1, 0.15) is 22.9 Å². The van der Waals surface area contributed by atoms with Crippen LogP contribution in [0, 0.1) is 6.92 Å². The van der Waals surface area contributed by atoms with Gasteiger partial charge in [-0.05, 0) is 54.5 Å². The van der Waals surface area contributed by atoms with Crippen molar-refractivity contribution in [1.82, 2.24) is 9.47 Å². The van der Waals surface area contributed by atoms with Crippen molar-refractivity contribution in [2.75, 3.05) is 11.9 Å². The number of benzene rings is 2. The molecule has 4 heteroatoms. The van der Waals surface area contributed by atoms with E-state index in [9.17, 15) is 0 Å². The van der Waals surface area contributed by atoms with Crippen molar-refractivity contribution in [3.8, 4) is 0 Å². The highest BCUT2D eigenvalue weighted by Crippen LogP contribution is 2.32. The number of fused-ring (bicyclic) bond motifs is 1. The average Bonchev–Trinajstić information content (AvgIpc) is 3.10. The van der Waals surface area contributed by atoms with Gasteiger partial charge in [-0.25, -0.2) is 0 Å². The van der Waals surface area contributed by atoms with Crippen molar-refractivity contribution in [2.24, 2.45) is 0 Å². The largest absolute Gasteiger partial charge is 0.348 e. The molecule has 2 aromatic carbocycles. The molecule has 0 saturated carbocycles. The van der Waals surface area contributed by atoms with E-state index in [2.05, 4.69) is 94.6 Å². The van der Waals surface area contributed by atoms with Gasteiger partial charge in [0.05, 0.1) is 6.04 Å². The van der Waals surface area contributed by atoms with E-state index in [0.29, 0.717) is 0 Å². The second-order valence-corrected chi connectivity index (χ2v) is 6.82. The molecule has 0 radical (unpaired) electrons. The van der Waals surface area contributed by atoms with Crippen LogP contribution in [0.25, 0.3) is 0 Å². The van der Waals surface area contributed by atoms with Crippen molar-refractivity contribution < 1.29 is 0 Å². The lowest BCUT2D eigenvalue weighted by atomic mass is 10.0. The highest BCUT2D eigenvalue weighted by molar-refractivity contribution is 7.80. The first-order valence-corrected chi connectivity index (χ1v) is 8.97. The molecule has 0 unspecified atom stereocenters. The SMILES string of the molecule is Cc1cccc(NC(=S)N2CCn3cccc3[C@H]2c2ccccc2)c1. The number of thiocarbonyl (C=S) groups is 1. The van der Waals surface area contributed by atoms with Gasteiger partial charge in [-0.15, -0.1) is 0 Å². The summed E-state index contributed by atoms with van der Waals surface area (Å²) in [4.78, 5) is 2.29. The van der Waals surface area contributed by atoms with Crippen molar-refractivity contribution in [3.63, 3.8) is 0 Å². The normalized spacial score (nSPS) is 16.4. The van der Waals surface area contributed by atoms with E-state index in [1.165, 1.54) is 16.8 Å². The average molecular weight is 347 g/mol. The fourth-order valence-corrected chi connectivity index (χ4v) is 3.82. The number of aromatic nitrogens is 1. The molecule has 1 atom stereocenters. The second-order valence-electron chi connectivity index (χ2n) is 6.43. The molecule has 1 N–H and O–H groups in total. The third-order valence-electron chi connectivity index (χ3n) is 4.68. The van der Waals surface area contributed by atoms with Crippen LogP contribution in [0.3, 0.4) is 0 Å². The van der Waals surface area contributed by atoms with Crippen molar-refractivity contribution >= 4 is 23.0 Å². The summed E-state index contributed by atoms with van der Waals surface area (Å²) in [6.07, 6.45) is 2.15. The van der Waals surface area contributed by atoms with Crippen LogP contribution in [0.5, 0.6) is 0 Å². The number of anilines is 1. The third kappa shape index (κ3) is 3.17. The van der Waals surface area contributed by atoms with Gasteiger partial charge in [-0.1, -0.05) is 42.5 Å². The first-order chi connectivity index (χ1) is 12.2. The highest BCUT2D eigenvalue weighted by atomic mass is 32.1. The molecule has 0 amide bonds. The molecule has 1 aliphatic heterocycles. The highest BCUT2D eigenvalue weighted by Gasteiger charge is 2.30. The van der Waals surface area contributed by atoms with Crippen molar-refractivity contribution in [1.29, 1.82) is 0 Å².